The molecule has 0 saturated heterocycles. The van der Waals surface area contributed by atoms with Crippen molar-refractivity contribution in [3.63, 3.8) is 0 Å². The van der Waals surface area contributed by atoms with Gasteiger partial charge in [-0.3, -0.25) is 9.59 Å². The number of H-pyrrole nitrogens is 1. The molecule has 0 radical (unpaired) electrons. The predicted molar refractivity (Wildman–Crippen MR) is 72.8 cm³/mol. The molecule has 0 aliphatic carbocycles. The molecule has 1 aromatic heterocycles. The van der Waals surface area contributed by atoms with Crippen LogP contribution in [0.4, 0.5) is 0 Å². The first-order valence-corrected chi connectivity index (χ1v) is 6.51. The number of aldehydes is 1. The average molecular weight is 276 g/mol. The summed E-state index contributed by atoms with van der Waals surface area (Å²) in [5.74, 6) is 1.26. The molecule has 0 bridgehead atoms. The van der Waals surface area contributed by atoms with Crippen molar-refractivity contribution in [1.82, 2.24) is 9.97 Å². The number of carbonyl (C=O) groups excluding carboxylic acids is 1. The number of nitrogens with one attached hydrogen (secondary N) is 1. The standard InChI is InChI=1S/C13H12N2O3S/c1-18-11-3-2-9(7-16)6-10(11)8-19-13-14-5-4-12(17)15-13/h2-7H,8H2,1H3,(H,14,15,17). The van der Waals surface area contributed by atoms with Crippen molar-refractivity contribution >= 4 is 18.0 Å². The van der Waals surface area contributed by atoms with Crippen molar-refractivity contribution in [2.24, 2.45) is 0 Å². The van der Waals surface area contributed by atoms with Crippen molar-refractivity contribution < 1.29 is 9.53 Å². The lowest BCUT2D eigenvalue weighted by Crippen LogP contribution is -2.05. The zero-order chi connectivity index (χ0) is 13.7. The minimum atomic E-state index is -0.189. The average Bonchev–Trinajstić information content (AvgIpc) is 2.45. The van der Waals surface area contributed by atoms with Crippen LogP contribution in [0, 0.1) is 0 Å². The van der Waals surface area contributed by atoms with Gasteiger partial charge in [0.25, 0.3) is 5.56 Å². The molecule has 0 fully saturated rings. The van der Waals surface area contributed by atoms with Crippen molar-refractivity contribution in [1.29, 1.82) is 0 Å². The number of thioether (sulfide) groups is 1. The summed E-state index contributed by atoms with van der Waals surface area (Å²) in [7, 11) is 1.58. The van der Waals surface area contributed by atoms with Gasteiger partial charge in [0.05, 0.1) is 7.11 Å². The third-order valence-electron chi connectivity index (χ3n) is 2.45. The highest BCUT2D eigenvalue weighted by atomic mass is 32.2. The van der Waals surface area contributed by atoms with Gasteiger partial charge in [-0.25, -0.2) is 4.98 Å². The Bertz CT molecular complexity index is 640. The van der Waals surface area contributed by atoms with Gasteiger partial charge in [0, 0.05) is 29.1 Å². The van der Waals surface area contributed by atoms with E-state index >= 15 is 0 Å². The molecule has 0 spiro atoms. The fraction of sp³-hybridized carbons (Fsp3) is 0.154. The Balaban J connectivity index is 2.18. The monoisotopic (exact) mass is 276 g/mol. The summed E-state index contributed by atoms with van der Waals surface area (Å²) < 4.78 is 5.24. The second-order valence-electron chi connectivity index (χ2n) is 3.72. The molecule has 0 atom stereocenters. The van der Waals surface area contributed by atoms with E-state index in [-0.39, 0.29) is 5.56 Å². The van der Waals surface area contributed by atoms with Gasteiger partial charge in [0.15, 0.2) is 5.16 Å². The molecule has 0 aliphatic rings. The van der Waals surface area contributed by atoms with Crippen LogP contribution in [-0.2, 0) is 5.75 Å². The smallest absolute Gasteiger partial charge is 0.251 e. The third-order valence-corrected chi connectivity index (χ3v) is 3.39. The summed E-state index contributed by atoms with van der Waals surface area (Å²) in [6, 6.07) is 6.57. The second kappa shape index (κ2) is 6.19. The number of aromatic amines is 1. The number of hydrogen-bond acceptors (Lipinski definition) is 5. The Kier molecular flexibility index (Phi) is 4.35. The minimum absolute atomic E-state index is 0.189. The largest absolute Gasteiger partial charge is 0.496 e. The molecule has 1 heterocycles. The molecule has 19 heavy (non-hydrogen) atoms. The lowest BCUT2D eigenvalue weighted by atomic mass is 10.1. The first kappa shape index (κ1) is 13.4. The Labute approximate surface area is 114 Å². The van der Waals surface area contributed by atoms with Crippen LogP contribution in [0.1, 0.15) is 15.9 Å². The topological polar surface area (TPSA) is 72.0 Å². The number of rotatable bonds is 5. The number of carbonyl (C=O) groups is 1. The maximum Gasteiger partial charge on any atom is 0.251 e. The van der Waals surface area contributed by atoms with E-state index in [2.05, 4.69) is 9.97 Å². The van der Waals surface area contributed by atoms with Gasteiger partial charge in [0.2, 0.25) is 0 Å². The molecule has 5 nitrogen and oxygen atoms in total. The van der Waals surface area contributed by atoms with Crippen molar-refractivity contribution in [3.05, 3.63) is 51.9 Å². The molecule has 0 aliphatic heterocycles. The minimum Gasteiger partial charge on any atom is -0.496 e. The van der Waals surface area contributed by atoms with Crippen LogP contribution in [0.2, 0.25) is 0 Å². The van der Waals surface area contributed by atoms with E-state index in [1.54, 1.807) is 25.3 Å². The maximum absolute atomic E-state index is 11.1. The van der Waals surface area contributed by atoms with Crippen LogP contribution in [-0.4, -0.2) is 23.4 Å². The summed E-state index contributed by atoms with van der Waals surface area (Å²) in [6.07, 6.45) is 2.25. The van der Waals surface area contributed by atoms with Crippen molar-refractivity contribution in [2.45, 2.75) is 10.9 Å². The second-order valence-corrected chi connectivity index (χ2v) is 4.68. The Morgan fingerprint density at radius 2 is 2.26 bits per heavy atom. The highest BCUT2D eigenvalue weighted by Crippen LogP contribution is 2.26. The highest BCUT2D eigenvalue weighted by molar-refractivity contribution is 7.98. The number of benzene rings is 1. The Hall–Kier alpha value is -2.08. The molecule has 0 amide bonds. The van der Waals surface area contributed by atoms with Crippen LogP contribution in [0.25, 0.3) is 0 Å². The molecular formula is C13H12N2O3S. The lowest BCUT2D eigenvalue weighted by molar-refractivity contribution is 0.112. The summed E-state index contributed by atoms with van der Waals surface area (Å²) in [6.45, 7) is 0. The third kappa shape index (κ3) is 3.45. The molecule has 1 N–H and O–H groups in total. The molecule has 0 saturated carbocycles. The number of ether oxygens (including phenoxy) is 1. The summed E-state index contributed by atoms with van der Waals surface area (Å²) in [5.41, 5.74) is 1.28. The van der Waals surface area contributed by atoms with E-state index in [9.17, 15) is 9.59 Å². The summed E-state index contributed by atoms with van der Waals surface area (Å²) in [5, 5.41) is 0.533. The van der Waals surface area contributed by atoms with Crippen LogP contribution in [0.15, 0.2) is 40.4 Å². The van der Waals surface area contributed by atoms with E-state index in [4.69, 9.17) is 4.74 Å². The van der Waals surface area contributed by atoms with Gasteiger partial charge in [-0.2, -0.15) is 0 Å². The molecule has 6 heteroatoms. The van der Waals surface area contributed by atoms with Gasteiger partial charge in [-0.1, -0.05) is 11.8 Å². The van der Waals surface area contributed by atoms with Crippen molar-refractivity contribution in [3.8, 4) is 5.75 Å². The van der Waals surface area contributed by atoms with Gasteiger partial charge >= 0.3 is 0 Å². The fourth-order valence-electron chi connectivity index (χ4n) is 1.56. The van der Waals surface area contributed by atoms with Crippen molar-refractivity contribution in [2.75, 3.05) is 7.11 Å². The van der Waals surface area contributed by atoms with E-state index < -0.39 is 0 Å². The van der Waals surface area contributed by atoms with Crippen LogP contribution in [0.3, 0.4) is 0 Å². The summed E-state index contributed by atoms with van der Waals surface area (Å²) in [4.78, 5) is 28.6. The quantitative estimate of drug-likeness (QED) is 0.513. The van der Waals surface area contributed by atoms with Crippen LogP contribution < -0.4 is 10.3 Å². The molecule has 0 unspecified atom stereocenters. The SMILES string of the molecule is COc1ccc(C=O)cc1CSc1nccc(=O)[nH]1. The fourth-order valence-corrected chi connectivity index (χ4v) is 2.38. The first-order valence-electron chi connectivity index (χ1n) is 5.53. The van der Waals surface area contributed by atoms with E-state index in [0.717, 1.165) is 11.8 Å². The number of hydrogen-bond donors (Lipinski definition) is 1. The van der Waals surface area contributed by atoms with Gasteiger partial charge in [-0.05, 0) is 18.2 Å². The highest BCUT2D eigenvalue weighted by Gasteiger charge is 2.06. The maximum atomic E-state index is 11.1. The van der Waals surface area contributed by atoms with E-state index in [1.165, 1.54) is 24.0 Å². The Morgan fingerprint density at radius 3 is 2.95 bits per heavy atom. The lowest BCUT2D eigenvalue weighted by Gasteiger charge is -2.08. The van der Waals surface area contributed by atoms with Gasteiger partial charge < -0.3 is 9.72 Å². The molecule has 2 aromatic rings. The van der Waals surface area contributed by atoms with Crippen LogP contribution >= 0.6 is 11.8 Å². The van der Waals surface area contributed by atoms with Crippen LogP contribution in [0.5, 0.6) is 5.75 Å². The summed E-state index contributed by atoms with van der Waals surface area (Å²) >= 11 is 1.37. The zero-order valence-corrected chi connectivity index (χ0v) is 11.1. The first-order chi connectivity index (χ1) is 9.22. The number of methoxy groups -OCH3 is 1. The van der Waals surface area contributed by atoms with Gasteiger partial charge in [0.1, 0.15) is 12.0 Å². The van der Waals surface area contributed by atoms with Gasteiger partial charge in [-0.15, -0.1) is 0 Å². The molecule has 1 aromatic carbocycles. The van der Waals surface area contributed by atoms with E-state index in [0.29, 0.717) is 22.2 Å². The molecule has 98 valence electrons. The normalized spacial score (nSPS) is 10.2. The number of aromatic nitrogens is 2. The van der Waals surface area contributed by atoms with E-state index in [1.807, 2.05) is 0 Å². The predicted octanol–water partition coefficient (Wildman–Crippen LogP) is 1.88. The zero-order valence-electron chi connectivity index (χ0n) is 10.3. The Morgan fingerprint density at radius 1 is 1.42 bits per heavy atom. The number of nitrogens with zero attached hydrogens (tertiary/aromatic N) is 1. The molecular weight excluding hydrogens is 264 g/mol. The molecule has 2 rings (SSSR count).